The summed E-state index contributed by atoms with van der Waals surface area (Å²) in [5, 5.41) is 4.14. The highest BCUT2D eigenvalue weighted by molar-refractivity contribution is 6.01. The molecule has 0 heterocycles. The number of carbonyl (C=O) groups excluding carboxylic acids is 1. The molecule has 23 heavy (non-hydrogen) atoms. The summed E-state index contributed by atoms with van der Waals surface area (Å²) in [5.74, 6) is 1.21. The van der Waals surface area contributed by atoms with E-state index in [4.69, 9.17) is 9.47 Å². The van der Waals surface area contributed by atoms with Gasteiger partial charge in [0, 0.05) is 11.1 Å². The summed E-state index contributed by atoms with van der Waals surface area (Å²) in [5.41, 5.74) is 4.66. The molecule has 0 aromatic heterocycles. The van der Waals surface area contributed by atoms with Crippen molar-refractivity contribution < 1.29 is 14.3 Å². The van der Waals surface area contributed by atoms with Crippen molar-refractivity contribution in [2.24, 2.45) is 5.10 Å². The molecule has 120 valence electrons. The second kappa shape index (κ2) is 7.98. The number of rotatable bonds is 6. The van der Waals surface area contributed by atoms with Crippen molar-refractivity contribution in [3.63, 3.8) is 0 Å². The van der Waals surface area contributed by atoms with Gasteiger partial charge in [0.2, 0.25) is 0 Å². The second-order valence-electron chi connectivity index (χ2n) is 4.83. The second-order valence-corrected chi connectivity index (χ2v) is 4.83. The van der Waals surface area contributed by atoms with Crippen molar-refractivity contribution in [1.82, 2.24) is 5.43 Å². The van der Waals surface area contributed by atoms with Crippen molar-refractivity contribution in [1.29, 1.82) is 0 Å². The average molecular weight is 312 g/mol. The summed E-state index contributed by atoms with van der Waals surface area (Å²) >= 11 is 0. The van der Waals surface area contributed by atoms with Crippen LogP contribution < -0.4 is 14.9 Å². The molecule has 0 bridgehead atoms. The van der Waals surface area contributed by atoms with Crippen LogP contribution >= 0.6 is 0 Å². The maximum Gasteiger partial charge on any atom is 0.271 e. The molecule has 0 spiro atoms. The van der Waals surface area contributed by atoms with Crippen molar-refractivity contribution in [3.8, 4) is 11.5 Å². The van der Waals surface area contributed by atoms with Gasteiger partial charge in [-0.05, 0) is 50.2 Å². The van der Waals surface area contributed by atoms with E-state index in [0.29, 0.717) is 17.9 Å². The first-order chi connectivity index (χ1) is 11.1. The first-order valence-electron chi connectivity index (χ1n) is 7.36. The highest BCUT2D eigenvalue weighted by atomic mass is 16.5. The van der Waals surface area contributed by atoms with Crippen LogP contribution in [0.5, 0.6) is 11.5 Å². The Morgan fingerprint density at radius 1 is 1.09 bits per heavy atom. The van der Waals surface area contributed by atoms with Crippen LogP contribution in [0.4, 0.5) is 0 Å². The Hall–Kier alpha value is -2.82. The maximum atomic E-state index is 12.1. The van der Waals surface area contributed by atoms with Crippen LogP contribution in [0.2, 0.25) is 0 Å². The number of hydrogen-bond donors (Lipinski definition) is 1. The Kier molecular flexibility index (Phi) is 5.74. The van der Waals surface area contributed by atoms with E-state index in [-0.39, 0.29) is 5.91 Å². The fourth-order valence-electron chi connectivity index (χ4n) is 1.98. The smallest absolute Gasteiger partial charge is 0.271 e. The molecule has 5 nitrogen and oxygen atoms in total. The highest BCUT2D eigenvalue weighted by Crippen LogP contribution is 2.14. The highest BCUT2D eigenvalue weighted by Gasteiger charge is 2.06. The van der Waals surface area contributed by atoms with E-state index in [1.54, 1.807) is 31.4 Å². The first kappa shape index (κ1) is 16.5. The van der Waals surface area contributed by atoms with Gasteiger partial charge in [0.25, 0.3) is 5.91 Å². The third kappa shape index (κ3) is 4.57. The largest absolute Gasteiger partial charge is 0.497 e. The fourth-order valence-corrected chi connectivity index (χ4v) is 1.98. The first-order valence-corrected chi connectivity index (χ1v) is 7.36. The molecule has 0 fully saturated rings. The summed E-state index contributed by atoms with van der Waals surface area (Å²) in [6.07, 6.45) is 0. The minimum Gasteiger partial charge on any atom is -0.497 e. The number of nitrogens with zero attached hydrogens (tertiary/aromatic N) is 1. The zero-order chi connectivity index (χ0) is 16.7. The molecule has 1 amide bonds. The van der Waals surface area contributed by atoms with Crippen LogP contribution in [0, 0.1) is 0 Å². The number of amides is 1. The van der Waals surface area contributed by atoms with Crippen LogP contribution in [-0.4, -0.2) is 25.3 Å². The third-order valence-corrected chi connectivity index (χ3v) is 3.24. The number of hydrazone groups is 1. The lowest BCUT2D eigenvalue weighted by Crippen LogP contribution is -2.19. The number of benzene rings is 2. The van der Waals surface area contributed by atoms with Gasteiger partial charge >= 0.3 is 0 Å². The SMILES string of the molecule is CCOc1ccc(C(=O)NN=C(C)c2cccc(OC)c2)cc1. The molecular weight excluding hydrogens is 292 g/mol. The predicted molar refractivity (Wildman–Crippen MR) is 90.3 cm³/mol. The van der Waals surface area contributed by atoms with E-state index in [2.05, 4.69) is 10.5 Å². The quantitative estimate of drug-likeness (QED) is 0.658. The summed E-state index contributed by atoms with van der Waals surface area (Å²) in [6.45, 7) is 4.33. The molecule has 0 atom stereocenters. The fraction of sp³-hybridized carbons (Fsp3) is 0.222. The van der Waals surface area contributed by atoms with Gasteiger partial charge in [0.1, 0.15) is 11.5 Å². The van der Waals surface area contributed by atoms with Gasteiger partial charge in [-0.2, -0.15) is 5.10 Å². The normalized spacial score (nSPS) is 11.0. The zero-order valence-corrected chi connectivity index (χ0v) is 13.5. The van der Waals surface area contributed by atoms with Gasteiger partial charge in [0.05, 0.1) is 19.4 Å². The minimum absolute atomic E-state index is 0.268. The minimum atomic E-state index is -0.268. The number of ether oxygens (including phenoxy) is 2. The summed E-state index contributed by atoms with van der Waals surface area (Å²) in [4.78, 5) is 12.1. The molecule has 0 aliphatic rings. The molecule has 1 N–H and O–H groups in total. The molecule has 2 aromatic rings. The lowest BCUT2D eigenvalue weighted by atomic mass is 10.1. The Labute approximate surface area is 135 Å². The molecule has 0 aliphatic heterocycles. The number of hydrogen-bond acceptors (Lipinski definition) is 4. The summed E-state index contributed by atoms with van der Waals surface area (Å²) < 4.78 is 10.5. The van der Waals surface area contributed by atoms with E-state index >= 15 is 0 Å². The van der Waals surface area contributed by atoms with Gasteiger partial charge in [-0.25, -0.2) is 5.43 Å². The van der Waals surface area contributed by atoms with Crippen molar-refractivity contribution in [2.45, 2.75) is 13.8 Å². The Morgan fingerprint density at radius 2 is 1.83 bits per heavy atom. The summed E-state index contributed by atoms with van der Waals surface area (Å²) in [6, 6.07) is 14.4. The maximum absolute atomic E-state index is 12.1. The van der Waals surface area contributed by atoms with E-state index in [9.17, 15) is 4.79 Å². The molecule has 0 unspecified atom stereocenters. The molecule has 0 saturated heterocycles. The molecular formula is C18H20N2O3. The zero-order valence-electron chi connectivity index (χ0n) is 13.5. The Morgan fingerprint density at radius 3 is 2.48 bits per heavy atom. The van der Waals surface area contributed by atoms with E-state index in [1.165, 1.54) is 0 Å². The van der Waals surface area contributed by atoms with Gasteiger partial charge in [0.15, 0.2) is 0 Å². The Balaban J connectivity index is 2.04. The van der Waals surface area contributed by atoms with Crippen LogP contribution in [0.3, 0.4) is 0 Å². The number of nitrogens with one attached hydrogen (secondary N) is 1. The van der Waals surface area contributed by atoms with Crippen molar-refractivity contribution in [3.05, 3.63) is 59.7 Å². The standard InChI is InChI=1S/C18H20N2O3/c1-4-23-16-10-8-14(9-11-16)18(21)20-19-13(2)15-6-5-7-17(12-15)22-3/h5-12H,4H2,1-3H3,(H,20,21). The topological polar surface area (TPSA) is 59.9 Å². The van der Waals surface area contributed by atoms with E-state index < -0.39 is 0 Å². The molecule has 2 aromatic carbocycles. The van der Waals surface area contributed by atoms with Crippen molar-refractivity contribution in [2.75, 3.05) is 13.7 Å². The van der Waals surface area contributed by atoms with Crippen LogP contribution in [0.15, 0.2) is 53.6 Å². The van der Waals surface area contributed by atoms with Crippen LogP contribution in [-0.2, 0) is 0 Å². The van der Waals surface area contributed by atoms with E-state index in [1.807, 2.05) is 38.1 Å². The molecule has 0 saturated carbocycles. The summed E-state index contributed by atoms with van der Waals surface area (Å²) in [7, 11) is 1.61. The molecule has 5 heteroatoms. The van der Waals surface area contributed by atoms with Gasteiger partial charge in [-0.15, -0.1) is 0 Å². The molecule has 0 radical (unpaired) electrons. The molecule has 2 rings (SSSR count). The number of carbonyl (C=O) groups is 1. The van der Waals surface area contributed by atoms with E-state index in [0.717, 1.165) is 17.1 Å². The lowest BCUT2D eigenvalue weighted by molar-refractivity contribution is 0.0955. The van der Waals surface area contributed by atoms with Gasteiger partial charge < -0.3 is 9.47 Å². The van der Waals surface area contributed by atoms with Crippen LogP contribution in [0.1, 0.15) is 29.8 Å². The monoisotopic (exact) mass is 312 g/mol. The molecule has 0 aliphatic carbocycles. The Bertz CT molecular complexity index is 694. The van der Waals surface area contributed by atoms with Gasteiger partial charge in [-0.1, -0.05) is 12.1 Å². The third-order valence-electron chi connectivity index (χ3n) is 3.24. The van der Waals surface area contributed by atoms with Gasteiger partial charge in [-0.3, -0.25) is 4.79 Å². The number of methoxy groups -OCH3 is 1. The van der Waals surface area contributed by atoms with Crippen LogP contribution in [0.25, 0.3) is 0 Å². The predicted octanol–water partition coefficient (Wildman–Crippen LogP) is 3.25. The average Bonchev–Trinajstić information content (AvgIpc) is 2.60. The van der Waals surface area contributed by atoms with Crippen molar-refractivity contribution >= 4 is 11.6 Å². The lowest BCUT2D eigenvalue weighted by Gasteiger charge is -2.06.